The van der Waals surface area contributed by atoms with Gasteiger partial charge in [-0.05, 0) is 43.7 Å². The average molecular weight is 348 g/mol. The number of carbonyl (C=O) groups excluding carboxylic acids is 1. The first kappa shape index (κ1) is 18.9. The maximum Gasteiger partial charge on any atom is 0.312 e. The predicted octanol–water partition coefficient (Wildman–Crippen LogP) is 3.48. The Morgan fingerprint density at radius 1 is 1.12 bits per heavy atom. The summed E-state index contributed by atoms with van der Waals surface area (Å²) >= 11 is 0. The van der Waals surface area contributed by atoms with Crippen LogP contribution >= 0.6 is 0 Å². The molecule has 0 aromatic heterocycles. The van der Waals surface area contributed by atoms with E-state index in [4.69, 9.17) is 5.26 Å². The maximum atomic E-state index is 12.5. The summed E-state index contributed by atoms with van der Waals surface area (Å²) in [5.41, 5.74) is 0.693. The van der Waals surface area contributed by atoms with Crippen LogP contribution in [0.25, 0.3) is 6.08 Å². The lowest BCUT2D eigenvalue weighted by Gasteiger charge is -2.31. The summed E-state index contributed by atoms with van der Waals surface area (Å²) in [7, 11) is 0. The number of carboxylic acid groups (broad SMARTS) is 1. The molecule has 1 amide bonds. The lowest BCUT2D eigenvalue weighted by atomic mass is 9.86. The van der Waals surface area contributed by atoms with E-state index in [1.807, 2.05) is 36.4 Å². The molecule has 1 unspecified atom stereocenters. The molecule has 0 radical (unpaired) electrons. The highest BCUT2D eigenvalue weighted by Crippen LogP contribution is 2.21. The number of hydrogen-bond donors (Lipinski definition) is 2. The van der Waals surface area contributed by atoms with E-state index in [1.165, 1.54) is 0 Å². The normalized spacial score (nSPS) is 12.3. The number of nitrogens with zero attached hydrogens (tertiary/aromatic N) is 1. The van der Waals surface area contributed by atoms with Gasteiger partial charge >= 0.3 is 5.97 Å². The van der Waals surface area contributed by atoms with Crippen LogP contribution in [0.1, 0.15) is 35.3 Å². The van der Waals surface area contributed by atoms with Crippen molar-refractivity contribution in [3.63, 3.8) is 0 Å². The number of amides is 1. The van der Waals surface area contributed by atoms with Crippen molar-refractivity contribution in [1.29, 1.82) is 5.26 Å². The highest BCUT2D eigenvalue weighted by atomic mass is 16.4. The molecule has 0 saturated heterocycles. The van der Waals surface area contributed by atoms with Crippen molar-refractivity contribution in [1.82, 2.24) is 5.32 Å². The molecule has 2 aromatic rings. The number of hydrogen-bond acceptors (Lipinski definition) is 3. The number of nitriles is 1. The predicted molar refractivity (Wildman–Crippen MR) is 99.3 cm³/mol. The smallest absolute Gasteiger partial charge is 0.312 e. The first-order valence-corrected chi connectivity index (χ1v) is 8.12. The summed E-state index contributed by atoms with van der Waals surface area (Å²) in [6.07, 6.45) is 3.31. The van der Waals surface area contributed by atoms with E-state index in [-0.39, 0.29) is 5.91 Å². The monoisotopic (exact) mass is 348 g/mol. The summed E-state index contributed by atoms with van der Waals surface area (Å²) in [5, 5.41) is 21.2. The maximum absolute atomic E-state index is 12.5. The average Bonchev–Trinajstić information content (AvgIpc) is 2.62. The lowest BCUT2D eigenvalue weighted by Crippen LogP contribution is -2.51. The SMILES string of the molecule is CC(C)(NC(=O)c1ccc(C#N)cc1)C(C=Cc1ccccc1)C(=O)O. The third kappa shape index (κ3) is 4.81. The highest BCUT2D eigenvalue weighted by molar-refractivity contribution is 5.95. The van der Waals surface area contributed by atoms with Gasteiger partial charge < -0.3 is 10.4 Å². The third-order valence-corrected chi connectivity index (χ3v) is 4.04. The first-order valence-electron chi connectivity index (χ1n) is 8.12. The van der Waals surface area contributed by atoms with Crippen LogP contribution in [0, 0.1) is 17.2 Å². The Morgan fingerprint density at radius 2 is 1.73 bits per heavy atom. The third-order valence-electron chi connectivity index (χ3n) is 4.04. The minimum atomic E-state index is -1.03. The van der Waals surface area contributed by atoms with Gasteiger partial charge in [-0.3, -0.25) is 9.59 Å². The van der Waals surface area contributed by atoms with Gasteiger partial charge in [0, 0.05) is 5.56 Å². The molecular formula is C21H20N2O3. The molecule has 132 valence electrons. The minimum absolute atomic E-state index is 0.369. The molecule has 2 rings (SSSR count). The van der Waals surface area contributed by atoms with Crippen LogP contribution in [0.2, 0.25) is 0 Å². The molecule has 0 fully saturated rings. The summed E-state index contributed by atoms with van der Waals surface area (Å²) in [4.78, 5) is 24.2. The summed E-state index contributed by atoms with van der Waals surface area (Å²) < 4.78 is 0. The van der Waals surface area contributed by atoms with Crippen molar-refractivity contribution < 1.29 is 14.7 Å². The fourth-order valence-corrected chi connectivity index (χ4v) is 2.54. The summed E-state index contributed by atoms with van der Waals surface area (Å²) in [6.45, 7) is 3.34. The van der Waals surface area contributed by atoms with Gasteiger partial charge in [-0.25, -0.2) is 0 Å². The van der Waals surface area contributed by atoms with Crippen LogP contribution in [0.15, 0.2) is 60.7 Å². The van der Waals surface area contributed by atoms with Crippen LogP contribution in [-0.2, 0) is 4.79 Å². The molecule has 2 N–H and O–H groups in total. The van der Waals surface area contributed by atoms with E-state index in [0.29, 0.717) is 11.1 Å². The topological polar surface area (TPSA) is 90.2 Å². The van der Waals surface area contributed by atoms with E-state index >= 15 is 0 Å². The van der Waals surface area contributed by atoms with Crippen molar-refractivity contribution in [3.05, 3.63) is 77.4 Å². The Balaban J connectivity index is 2.18. The summed E-state index contributed by atoms with van der Waals surface area (Å²) in [5.74, 6) is -2.33. The van der Waals surface area contributed by atoms with Crippen molar-refractivity contribution in [2.45, 2.75) is 19.4 Å². The Morgan fingerprint density at radius 3 is 2.27 bits per heavy atom. The molecule has 0 aliphatic rings. The molecule has 0 aliphatic carbocycles. The lowest BCUT2D eigenvalue weighted by molar-refractivity contribution is -0.141. The van der Waals surface area contributed by atoms with Crippen LogP contribution < -0.4 is 5.32 Å². The van der Waals surface area contributed by atoms with E-state index in [2.05, 4.69) is 5.32 Å². The molecular weight excluding hydrogens is 328 g/mol. The van der Waals surface area contributed by atoms with Gasteiger partial charge in [-0.1, -0.05) is 42.5 Å². The van der Waals surface area contributed by atoms with Gasteiger partial charge in [0.15, 0.2) is 0 Å². The van der Waals surface area contributed by atoms with E-state index < -0.39 is 17.4 Å². The van der Waals surface area contributed by atoms with Gasteiger partial charge in [0.05, 0.1) is 23.1 Å². The van der Waals surface area contributed by atoms with Crippen molar-refractivity contribution in [2.24, 2.45) is 5.92 Å². The Hall–Kier alpha value is -3.39. The van der Waals surface area contributed by atoms with Gasteiger partial charge in [-0.15, -0.1) is 0 Å². The standard InChI is InChI=1S/C21H20N2O3/c1-21(2,23-19(24)17-11-8-16(14-22)9-12-17)18(20(25)26)13-10-15-6-4-3-5-7-15/h3-13,18H,1-2H3,(H,23,24)(H,25,26). The number of benzene rings is 2. The minimum Gasteiger partial charge on any atom is -0.481 e. The Bertz CT molecular complexity index is 847. The quantitative estimate of drug-likeness (QED) is 0.836. The van der Waals surface area contributed by atoms with Crippen LogP contribution in [0.3, 0.4) is 0 Å². The van der Waals surface area contributed by atoms with Gasteiger partial charge in [0.2, 0.25) is 0 Å². The largest absolute Gasteiger partial charge is 0.481 e. The molecule has 26 heavy (non-hydrogen) atoms. The molecule has 0 aliphatic heterocycles. The zero-order valence-electron chi connectivity index (χ0n) is 14.6. The molecule has 5 heteroatoms. The van der Waals surface area contributed by atoms with Crippen LogP contribution in [0.4, 0.5) is 0 Å². The highest BCUT2D eigenvalue weighted by Gasteiger charge is 2.34. The fourth-order valence-electron chi connectivity index (χ4n) is 2.54. The number of nitrogens with one attached hydrogen (secondary N) is 1. The van der Waals surface area contributed by atoms with Crippen LogP contribution in [-0.4, -0.2) is 22.5 Å². The number of carboxylic acids is 1. The van der Waals surface area contributed by atoms with Crippen molar-refractivity contribution >= 4 is 18.0 Å². The molecule has 0 saturated carbocycles. The number of carbonyl (C=O) groups is 2. The second-order valence-electron chi connectivity index (χ2n) is 6.45. The van der Waals surface area contributed by atoms with Gasteiger partial charge in [0.1, 0.15) is 0 Å². The first-order chi connectivity index (χ1) is 12.3. The zero-order valence-corrected chi connectivity index (χ0v) is 14.6. The van der Waals surface area contributed by atoms with E-state index in [1.54, 1.807) is 50.3 Å². The number of rotatable bonds is 6. The molecule has 1 atom stereocenters. The molecule has 0 heterocycles. The molecule has 5 nitrogen and oxygen atoms in total. The fraction of sp³-hybridized carbons (Fsp3) is 0.190. The Kier molecular flexibility index (Phi) is 5.92. The zero-order chi connectivity index (χ0) is 19.2. The van der Waals surface area contributed by atoms with E-state index in [9.17, 15) is 14.7 Å². The second-order valence-corrected chi connectivity index (χ2v) is 6.45. The van der Waals surface area contributed by atoms with E-state index in [0.717, 1.165) is 5.56 Å². The number of aliphatic carboxylic acids is 1. The van der Waals surface area contributed by atoms with Crippen molar-refractivity contribution in [2.75, 3.05) is 0 Å². The molecule has 2 aromatic carbocycles. The van der Waals surface area contributed by atoms with Gasteiger partial charge in [0.25, 0.3) is 5.91 Å². The second kappa shape index (κ2) is 8.13. The summed E-state index contributed by atoms with van der Waals surface area (Å²) in [6, 6.07) is 17.5. The van der Waals surface area contributed by atoms with Gasteiger partial charge in [-0.2, -0.15) is 5.26 Å². The molecule has 0 bridgehead atoms. The van der Waals surface area contributed by atoms with Crippen molar-refractivity contribution in [3.8, 4) is 6.07 Å². The van der Waals surface area contributed by atoms with Crippen LogP contribution in [0.5, 0.6) is 0 Å². The molecule has 0 spiro atoms. The Labute approximate surface area is 152 Å².